The zero-order valence-electron chi connectivity index (χ0n) is 16.3. The molecular weight excluding hydrogens is 370 g/mol. The van der Waals surface area contributed by atoms with Gasteiger partial charge in [-0.25, -0.2) is 4.98 Å². The molecule has 1 fully saturated rings. The minimum absolute atomic E-state index is 0.0148. The molecule has 0 radical (unpaired) electrons. The molecule has 0 aliphatic heterocycles. The first kappa shape index (κ1) is 18.9. The summed E-state index contributed by atoms with van der Waals surface area (Å²) in [6, 6.07) is 10.2. The van der Waals surface area contributed by atoms with Gasteiger partial charge in [0.25, 0.3) is 5.56 Å². The monoisotopic (exact) mass is 395 g/mol. The summed E-state index contributed by atoms with van der Waals surface area (Å²) < 4.78 is 1.43. The number of carbonyl (C=O) groups excluding carboxylic acids is 1. The second kappa shape index (κ2) is 7.87. The summed E-state index contributed by atoms with van der Waals surface area (Å²) >= 11 is 1.52. The Balaban J connectivity index is 1.60. The van der Waals surface area contributed by atoms with E-state index in [4.69, 9.17) is 0 Å². The number of aryl methyl sites for hydroxylation is 1. The molecule has 5 nitrogen and oxygen atoms in total. The van der Waals surface area contributed by atoms with E-state index in [2.05, 4.69) is 17.2 Å². The van der Waals surface area contributed by atoms with E-state index in [1.807, 2.05) is 37.3 Å². The highest BCUT2D eigenvalue weighted by atomic mass is 32.1. The van der Waals surface area contributed by atoms with Crippen molar-refractivity contribution in [3.8, 4) is 10.4 Å². The maximum absolute atomic E-state index is 13.0. The molecule has 0 spiro atoms. The molecule has 0 bridgehead atoms. The summed E-state index contributed by atoms with van der Waals surface area (Å²) in [6.45, 7) is 4.16. The lowest BCUT2D eigenvalue weighted by Gasteiger charge is -2.29. The fraction of sp³-hybridized carbons (Fsp3) is 0.409. The van der Waals surface area contributed by atoms with Crippen molar-refractivity contribution in [1.82, 2.24) is 14.9 Å². The first-order chi connectivity index (χ1) is 13.5. The van der Waals surface area contributed by atoms with Crippen molar-refractivity contribution in [2.45, 2.75) is 52.1 Å². The molecular formula is C22H25N3O2S. The molecule has 28 heavy (non-hydrogen) atoms. The molecule has 1 N–H and O–H groups in total. The summed E-state index contributed by atoms with van der Waals surface area (Å²) in [5, 5.41) is 3.73. The second-order valence-corrected chi connectivity index (χ2v) is 8.71. The van der Waals surface area contributed by atoms with Gasteiger partial charge in [-0.2, -0.15) is 0 Å². The standard InChI is InChI=1S/C22H25N3O2S/c1-14-8-6-7-11-17(14)24-18(26)12-25-13-23-21-19(22(25)27)15(2)20(28-21)16-9-4-3-5-10-16/h3-5,9-10,13-14,17H,6-8,11-12H2,1-2H3,(H,24,26)/t14-,17+/m1/s1. The van der Waals surface area contributed by atoms with Gasteiger partial charge in [0.2, 0.25) is 5.91 Å². The first-order valence-corrected chi connectivity index (χ1v) is 10.7. The summed E-state index contributed by atoms with van der Waals surface area (Å²) in [6.07, 6.45) is 6.05. The van der Waals surface area contributed by atoms with Gasteiger partial charge in [0, 0.05) is 10.9 Å². The summed E-state index contributed by atoms with van der Waals surface area (Å²) in [4.78, 5) is 31.8. The van der Waals surface area contributed by atoms with Gasteiger partial charge in [-0.05, 0) is 36.8 Å². The minimum Gasteiger partial charge on any atom is -0.352 e. The lowest BCUT2D eigenvalue weighted by Crippen LogP contribution is -2.43. The Labute approximate surface area is 168 Å². The Kier molecular flexibility index (Phi) is 5.31. The fourth-order valence-corrected chi connectivity index (χ4v) is 5.22. The predicted molar refractivity (Wildman–Crippen MR) is 114 cm³/mol. The number of nitrogens with one attached hydrogen (secondary N) is 1. The average molecular weight is 396 g/mol. The van der Waals surface area contributed by atoms with Gasteiger partial charge in [-0.1, -0.05) is 50.1 Å². The van der Waals surface area contributed by atoms with Crippen molar-refractivity contribution in [1.29, 1.82) is 0 Å². The highest BCUT2D eigenvalue weighted by molar-refractivity contribution is 7.22. The van der Waals surface area contributed by atoms with Crippen LogP contribution in [0.2, 0.25) is 0 Å². The van der Waals surface area contributed by atoms with Crippen LogP contribution in [0.25, 0.3) is 20.7 Å². The van der Waals surface area contributed by atoms with Gasteiger partial charge < -0.3 is 5.32 Å². The zero-order chi connectivity index (χ0) is 19.7. The fourth-order valence-electron chi connectivity index (χ4n) is 4.07. The molecule has 146 valence electrons. The number of amides is 1. The summed E-state index contributed by atoms with van der Waals surface area (Å²) in [5.41, 5.74) is 1.87. The Hall–Kier alpha value is -2.47. The number of benzene rings is 1. The maximum atomic E-state index is 13.0. The number of carbonyl (C=O) groups is 1. The van der Waals surface area contributed by atoms with Crippen molar-refractivity contribution in [2.75, 3.05) is 0 Å². The highest BCUT2D eigenvalue weighted by Crippen LogP contribution is 2.35. The number of rotatable bonds is 4. The minimum atomic E-state index is -0.146. The molecule has 0 unspecified atom stereocenters. The van der Waals surface area contributed by atoms with Crippen LogP contribution in [0.4, 0.5) is 0 Å². The summed E-state index contributed by atoms with van der Waals surface area (Å²) in [5.74, 6) is 0.376. The van der Waals surface area contributed by atoms with Crippen LogP contribution in [0.3, 0.4) is 0 Å². The van der Waals surface area contributed by atoms with E-state index in [9.17, 15) is 9.59 Å². The third-order valence-electron chi connectivity index (χ3n) is 5.73. The van der Waals surface area contributed by atoms with Crippen LogP contribution in [-0.2, 0) is 11.3 Å². The van der Waals surface area contributed by atoms with E-state index in [0.29, 0.717) is 11.3 Å². The van der Waals surface area contributed by atoms with Gasteiger partial charge in [0.1, 0.15) is 11.4 Å². The van der Waals surface area contributed by atoms with E-state index in [1.165, 1.54) is 28.7 Å². The molecule has 6 heteroatoms. The molecule has 1 amide bonds. The Bertz CT molecular complexity index is 1050. The van der Waals surface area contributed by atoms with Crippen molar-refractivity contribution in [3.63, 3.8) is 0 Å². The maximum Gasteiger partial charge on any atom is 0.262 e. The lowest BCUT2D eigenvalue weighted by atomic mass is 9.86. The van der Waals surface area contributed by atoms with Crippen molar-refractivity contribution in [2.24, 2.45) is 5.92 Å². The molecule has 1 saturated carbocycles. The molecule has 1 aromatic carbocycles. The third kappa shape index (κ3) is 3.61. The lowest BCUT2D eigenvalue weighted by molar-refractivity contribution is -0.123. The number of hydrogen-bond donors (Lipinski definition) is 1. The Morgan fingerprint density at radius 3 is 2.75 bits per heavy atom. The molecule has 2 atom stereocenters. The molecule has 1 aliphatic carbocycles. The van der Waals surface area contributed by atoms with Crippen LogP contribution in [0.15, 0.2) is 41.5 Å². The largest absolute Gasteiger partial charge is 0.352 e. The molecule has 4 rings (SSSR count). The highest BCUT2D eigenvalue weighted by Gasteiger charge is 2.23. The number of aromatic nitrogens is 2. The van der Waals surface area contributed by atoms with E-state index in [1.54, 1.807) is 0 Å². The SMILES string of the molecule is Cc1c(-c2ccccc2)sc2ncn(CC(=O)N[C@H]3CCCC[C@H]3C)c(=O)c12. The zero-order valence-corrected chi connectivity index (χ0v) is 17.1. The van der Waals surface area contributed by atoms with Gasteiger partial charge in [-0.15, -0.1) is 11.3 Å². The number of fused-ring (bicyclic) bond motifs is 1. The molecule has 1 aliphatic rings. The van der Waals surface area contributed by atoms with E-state index in [0.717, 1.165) is 40.1 Å². The molecule has 3 aromatic rings. The van der Waals surface area contributed by atoms with Crippen LogP contribution < -0.4 is 10.9 Å². The molecule has 0 saturated heterocycles. The Morgan fingerprint density at radius 1 is 1.25 bits per heavy atom. The molecule has 2 heterocycles. The second-order valence-electron chi connectivity index (χ2n) is 7.72. The van der Waals surface area contributed by atoms with Crippen molar-refractivity contribution < 1.29 is 4.79 Å². The number of hydrogen-bond acceptors (Lipinski definition) is 4. The van der Waals surface area contributed by atoms with Gasteiger partial charge in [0.05, 0.1) is 11.7 Å². The molecule has 2 aromatic heterocycles. The number of thiophene rings is 1. The first-order valence-electron chi connectivity index (χ1n) is 9.88. The average Bonchev–Trinajstić information content (AvgIpc) is 3.04. The van der Waals surface area contributed by atoms with Crippen LogP contribution in [0.1, 0.15) is 38.2 Å². The van der Waals surface area contributed by atoms with Crippen molar-refractivity contribution >= 4 is 27.5 Å². The normalized spacial score (nSPS) is 19.6. The topological polar surface area (TPSA) is 64.0 Å². The van der Waals surface area contributed by atoms with Gasteiger partial charge >= 0.3 is 0 Å². The van der Waals surface area contributed by atoms with Gasteiger partial charge in [-0.3, -0.25) is 14.2 Å². The van der Waals surface area contributed by atoms with Crippen LogP contribution in [0, 0.1) is 12.8 Å². The quantitative estimate of drug-likeness (QED) is 0.722. The smallest absolute Gasteiger partial charge is 0.262 e. The summed E-state index contributed by atoms with van der Waals surface area (Å²) in [7, 11) is 0. The van der Waals surface area contributed by atoms with Crippen molar-refractivity contribution in [3.05, 3.63) is 52.6 Å². The van der Waals surface area contributed by atoms with Crippen LogP contribution in [0.5, 0.6) is 0 Å². The van der Waals surface area contributed by atoms with Crippen LogP contribution >= 0.6 is 11.3 Å². The number of nitrogens with zero attached hydrogens (tertiary/aromatic N) is 2. The Morgan fingerprint density at radius 2 is 2.00 bits per heavy atom. The van der Waals surface area contributed by atoms with Gasteiger partial charge in [0.15, 0.2) is 0 Å². The third-order valence-corrected chi connectivity index (χ3v) is 6.97. The van der Waals surface area contributed by atoms with E-state index >= 15 is 0 Å². The van der Waals surface area contributed by atoms with E-state index < -0.39 is 0 Å². The predicted octanol–water partition coefficient (Wildman–Crippen LogP) is 4.13. The van der Waals surface area contributed by atoms with E-state index in [-0.39, 0.29) is 24.1 Å². The van der Waals surface area contributed by atoms with Crippen LogP contribution in [-0.4, -0.2) is 21.5 Å².